The third kappa shape index (κ3) is 5.48. The van der Waals surface area contributed by atoms with Crippen molar-refractivity contribution < 1.29 is 28.7 Å². The summed E-state index contributed by atoms with van der Waals surface area (Å²) in [5.41, 5.74) is 0. The quantitative estimate of drug-likeness (QED) is 0.439. The molecule has 10 heteroatoms. The highest BCUT2D eigenvalue weighted by Crippen LogP contribution is 2.64. The Morgan fingerprint density at radius 1 is 1.00 bits per heavy atom. The molecule has 0 saturated heterocycles. The first kappa shape index (κ1) is 14.6. The lowest BCUT2D eigenvalue weighted by Crippen LogP contribution is -2.18. The summed E-state index contributed by atoms with van der Waals surface area (Å²) in [6.07, 6.45) is 0. The summed E-state index contributed by atoms with van der Waals surface area (Å²) in [6, 6.07) is 0. The minimum absolute atomic E-state index is 0.167. The van der Waals surface area contributed by atoms with Gasteiger partial charge in [-0.25, -0.2) is 9.13 Å². The molecule has 0 atom stereocenters. The molecular formula is C4H13NO6P2S. The fourth-order valence-corrected chi connectivity index (χ4v) is 4.53. The molecule has 0 radical (unpaired) electrons. The highest BCUT2D eigenvalue weighted by Gasteiger charge is 2.43. The van der Waals surface area contributed by atoms with Crippen LogP contribution in [0.25, 0.3) is 0 Å². The van der Waals surface area contributed by atoms with Crippen molar-refractivity contribution in [1.82, 2.24) is 3.85 Å². The third-order valence-corrected chi connectivity index (χ3v) is 5.57. The van der Waals surface area contributed by atoms with E-state index in [1.165, 1.54) is 0 Å². The lowest BCUT2D eigenvalue weighted by molar-refractivity contribution is 0.309. The third-order valence-electron chi connectivity index (χ3n) is 0.801. The Kier molecular flexibility index (Phi) is 4.42. The van der Waals surface area contributed by atoms with Crippen LogP contribution in [0.2, 0.25) is 0 Å². The predicted molar refractivity (Wildman–Crippen MR) is 53.3 cm³/mol. The molecule has 0 heterocycles. The topological polar surface area (TPSA) is 118 Å². The molecule has 0 aliphatic carbocycles. The first-order valence-electron chi connectivity index (χ1n) is 3.45. The molecule has 0 bridgehead atoms. The fraction of sp³-hybridized carbons (Fsp3) is 1.00. The van der Waals surface area contributed by atoms with Gasteiger partial charge < -0.3 is 19.6 Å². The molecule has 7 nitrogen and oxygen atoms in total. The minimum atomic E-state index is -4.96. The molecule has 0 aromatic carbocycles. The Balaban J connectivity index is 4.98. The van der Waals surface area contributed by atoms with Crippen LogP contribution in [0.4, 0.5) is 0 Å². The molecule has 0 aliphatic heterocycles. The molecule has 4 N–H and O–H groups in total. The van der Waals surface area contributed by atoms with E-state index in [4.69, 9.17) is 19.6 Å². The zero-order valence-corrected chi connectivity index (χ0v) is 10.5. The van der Waals surface area contributed by atoms with Gasteiger partial charge in [-0.1, -0.05) is 15.8 Å². The molecule has 0 aromatic rings. The van der Waals surface area contributed by atoms with Crippen LogP contribution in [0, 0.1) is 0 Å². The van der Waals surface area contributed by atoms with Crippen LogP contribution in [0.1, 0.15) is 20.8 Å². The van der Waals surface area contributed by atoms with Gasteiger partial charge in [0.05, 0.1) is 0 Å². The first-order chi connectivity index (χ1) is 5.84. The van der Waals surface area contributed by atoms with E-state index in [9.17, 15) is 9.13 Å². The zero-order chi connectivity index (χ0) is 11.8. The van der Waals surface area contributed by atoms with Crippen LogP contribution in [0.15, 0.2) is 0 Å². The minimum Gasteiger partial charge on any atom is -0.312 e. The molecule has 14 heavy (non-hydrogen) atoms. The molecule has 0 amide bonds. The highest BCUT2D eigenvalue weighted by molar-refractivity contribution is 8.07. The molecule has 0 saturated carbocycles. The van der Waals surface area contributed by atoms with Crippen molar-refractivity contribution in [2.45, 2.75) is 25.5 Å². The molecule has 0 unspecified atom stereocenters. The van der Waals surface area contributed by atoms with E-state index in [1.807, 2.05) is 0 Å². The van der Waals surface area contributed by atoms with E-state index < -0.39 is 20.2 Å². The predicted octanol–water partition coefficient (Wildman–Crippen LogP) is 0.920. The molecular weight excluding hydrogens is 252 g/mol. The fourth-order valence-electron chi connectivity index (χ4n) is 0.503. The van der Waals surface area contributed by atoms with Gasteiger partial charge in [-0.2, -0.15) is 0 Å². The van der Waals surface area contributed by atoms with Crippen LogP contribution in [-0.4, -0.2) is 28.2 Å². The van der Waals surface area contributed by atoms with Crippen LogP contribution in [-0.2, 0) is 9.13 Å². The van der Waals surface area contributed by atoms with Gasteiger partial charge in [0, 0.05) is 4.75 Å². The van der Waals surface area contributed by atoms with E-state index in [-0.39, 0.29) is 3.85 Å². The molecule has 0 fully saturated rings. The van der Waals surface area contributed by atoms with Crippen LogP contribution < -0.4 is 0 Å². The van der Waals surface area contributed by atoms with Gasteiger partial charge in [0.2, 0.25) is 0 Å². The van der Waals surface area contributed by atoms with Gasteiger partial charge in [-0.15, -0.1) is 0 Å². The maximum Gasteiger partial charge on any atom is 0.422 e. The Morgan fingerprint density at radius 3 is 1.36 bits per heavy atom. The summed E-state index contributed by atoms with van der Waals surface area (Å²) in [6.45, 7) is 4.74. The summed E-state index contributed by atoms with van der Waals surface area (Å²) in [4.78, 5) is 34.8. The van der Waals surface area contributed by atoms with E-state index in [0.717, 1.165) is 0 Å². The summed E-state index contributed by atoms with van der Waals surface area (Å²) < 4.78 is 20.7. The summed E-state index contributed by atoms with van der Waals surface area (Å²) in [5.74, 6) is 0. The van der Waals surface area contributed by atoms with Crippen molar-refractivity contribution in [2.75, 3.05) is 0 Å². The average Bonchev–Trinajstić information content (AvgIpc) is 1.75. The van der Waals surface area contributed by atoms with E-state index in [0.29, 0.717) is 11.9 Å². The largest absolute Gasteiger partial charge is 0.422 e. The number of rotatable bonds is 3. The second kappa shape index (κ2) is 4.23. The first-order valence-corrected chi connectivity index (χ1v) is 7.36. The normalized spacial score (nSPS) is 14.9. The van der Waals surface area contributed by atoms with Crippen molar-refractivity contribution in [3.05, 3.63) is 0 Å². The maximum atomic E-state index is 10.8. The Morgan fingerprint density at radius 2 is 1.29 bits per heavy atom. The summed E-state index contributed by atoms with van der Waals surface area (Å²) in [5, 5.41) is 0. The van der Waals surface area contributed by atoms with Gasteiger partial charge in [-0.3, -0.25) is 0 Å². The van der Waals surface area contributed by atoms with Crippen molar-refractivity contribution in [2.24, 2.45) is 0 Å². The Labute approximate surface area is 86.1 Å². The molecule has 0 aliphatic rings. The highest BCUT2D eigenvalue weighted by atomic mass is 32.2. The SMILES string of the molecule is CC(C)(C)SN(P(=O)(O)O)P(=O)(O)O. The Bertz CT molecular complexity index is 267. The van der Waals surface area contributed by atoms with Gasteiger partial charge in [0.25, 0.3) is 0 Å². The van der Waals surface area contributed by atoms with Crippen molar-refractivity contribution >= 4 is 27.4 Å². The lowest BCUT2D eigenvalue weighted by Gasteiger charge is -2.28. The van der Waals surface area contributed by atoms with E-state index >= 15 is 0 Å². The number of nitrogens with zero attached hydrogens (tertiary/aromatic N) is 1. The van der Waals surface area contributed by atoms with Crippen molar-refractivity contribution in [3.63, 3.8) is 0 Å². The number of hydrogen-bond acceptors (Lipinski definition) is 3. The zero-order valence-electron chi connectivity index (χ0n) is 7.86. The number of hydrogen-bond donors (Lipinski definition) is 4. The monoisotopic (exact) mass is 265 g/mol. The second-order valence-electron chi connectivity index (χ2n) is 3.48. The summed E-state index contributed by atoms with van der Waals surface area (Å²) in [7, 11) is -9.92. The second-order valence-corrected chi connectivity index (χ2v) is 8.97. The van der Waals surface area contributed by atoms with E-state index in [2.05, 4.69) is 0 Å². The van der Waals surface area contributed by atoms with Crippen molar-refractivity contribution in [3.8, 4) is 0 Å². The van der Waals surface area contributed by atoms with Gasteiger partial charge in [0.1, 0.15) is 0 Å². The molecule has 0 spiro atoms. The van der Waals surface area contributed by atoms with Crippen LogP contribution >= 0.6 is 27.4 Å². The van der Waals surface area contributed by atoms with Crippen LogP contribution in [0.3, 0.4) is 0 Å². The molecule has 86 valence electrons. The standard InChI is InChI=1S/C4H13NO6P2S/c1-4(2,3)14-5(12(6,7)8)13(9,10)11/h1-3H3,(H2,6,7,8)(H2,9,10,11). The molecule has 0 rings (SSSR count). The summed E-state index contributed by atoms with van der Waals surface area (Å²) >= 11 is 0.423. The smallest absolute Gasteiger partial charge is 0.312 e. The Hall–Kier alpha value is 0.610. The van der Waals surface area contributed by atoms with Gasteiger partial charge in [0.15, 0.2) is 0 Å². The van der Waals surface area contributed by atoms with Gasteiger partial charge in [-0.05, 0) is 20.8 Å². The van der Waals surface area contributed by atoms with E-state index in [1.54, 1.807) is 20.8 Å². The average molecular weight is 265 g/mol. The van der Waals surface area contributed by atoms with Gasteiger partial charge >= 0.3 is 15.5 Å². The molecule has 0 aromatic heterocycles. The lowest BCUT2D eigenvalue weighted by atomic mass is 10.3. The maximum absolute atomic E-state index is 10.8. The van der Waals surface area contributed by atoms with Crippen molar-refractivity contribution in [1.29, 1.82) is 0 Å². The van der Waals surface area contributed by atoms with Crippen LogP contribution in [0.5, 0.6) is 0 Å².